The molecule has 4 rings (SSSR count). The molecular weight excluding hydrogens is 306 g/mol. The molecule has 7 heteroatoms. The summed E-state index contributed by atoms with van der Waals surface area (Å²) >= 11 is 0. The fourth-order valence-corrected chi connectivity index (χ4v) is 3.27. The normalized spacial score (nSPS) is 19.5. The highest BCUT2D eigenvalue weighted by atomic mass is 16.5. The number of aromatic nitrogens is 2. The van der Waals surface area contributed by atoms with E-state index in [9.17, 15) is 4.79 Å². The van der Waals surface area contributed by atoms with Crippen LogP contribution in [0.1, 0.15) is 6.42 Å². The summed E-state index contributed by atoms with van der Waals surface area (Å²) in [5.74, 6) is 0.642. The van der Waals surface area contributed by atoms with Crippen molar-refractivity contribution < 1.29 is 9.53 Å². The van der Waals surface area contributed by atoms with Gasteiger partial charge < -0.3 is 14.5 Å². The molecule has 7 nitrogen and oxygen atoms in total. The molecule has 1 atom stereocenters. The van der Waals surface area contributed by atoms with Crippen molar-refractivity contribution in [3.8, 4) is 17.6 Å². The number of fused-ring (bicyclic) bond motifs is 1. The smallest absolute Gasteiger partial charge is 0.232 e. The molecule has 0 unspecified atom stereocenters. The summed E-state index contributed by atoms with van der Waals surface area (Å²) in [6.07, 6.45) is 6.43. The van der Waals surface area contributed by atoms with Crippen LogP contribution in [-0.2, 0) is 4.79 Å². The monoisotopic (exact) mass is 323 g/mol. The number of nitriles is 1. The fourth-order valence-electron chi connectivity index (χ4n) is 3.27. The van der Waals surface area contributed by atoms with Gasteiger partial charge in [-0.15, -0.1) is 0 Å². The first kappa shape index (κ1) is 14.6. The van der Waals surface area contributed by atoms with Crippen molar-refractivity contribution in [2.75, 3.05) is 31.1 Å². The first-order valence-corrected chi connectivity index (χ1v) is 7.99. The van der Waals surface area contributed by atoms with Crippen LogP contribution in [0.25, 0.3) is 5.69 Å². The van der Waals surface area contributed by atoms with E-state index in [-0.39, 0.29) is 11.8 Å². The van der Waals surface area contributed by atoms with Gasteiger partial charge in [-0.25, -0.2) is 4.68 Å². The molecule has 24 heavy (non-hydrogen) atoms. The van der Waals surface area contributed by atoms with Crippen LogP contribution in [0.15, 0.2) is 36.7 Å². The summed E-state index contributed by atoms with van der Waals surface area (Å²) in [6, 6.07) is 7.59. The van der Waals surface area contributed by atoms with Crippen LogP contribution in [0.5, 0.6) is 5.75 Å². The molecule has 0 N–H and O–H groups in total. The molecule has 0 spiro atoms. The second-order valence-corrected chi connectivity index (χ2v) is 5.97. The Labute approximate surface area is 139 Å². The predicted molar refractivity (Wildman–Crippen MR) is 86.7 cm³/mol. The van der Waals surface area contributed by atoms with Crippen LogP contribution in [0.3, 0.4) is 0 Å². The van der Waals surface area contributed by atoms with Gasteiger partial charge in [-0.05, 0) is 24.6 Å². The van der Waals surface area contributed by atoms with Crippen LogP contribution in [0, 0.1) is 17.4 Å². The third kappa shape index (κ3) is 2.46. The van der Waals surface area contributed by atoms with Crippen LogP contribution in [0.4, 0.5) is 5.69 Å². The number of carbonyl (C=O) groups is 1. The maximum atomic E-state index is 12.9. The lowest BCUT2D eigenvalue weighted by Gasteiger charge is -2.31. The Hall–Kier alpha value is -3.01. The van der Waals surface area contributed by atoms with E-state index in [0.29, 0.717) is 32.0 Å². The zero-order valence-electron chi connectivity index (χ0n) is 13.1. The van der Waals surface area contributed by atoms with Gasteiger partial charge in [0, 0.05) is 31.5 Å². The van der Waals surface area contributed by atoms with Gasteiger partial charge in [0.2, 0.25) is 5.91 Å². The van der Waals surface area contributed by atoms with Crippen molar-refractivity contribution in [2.45, 2.75) is 6.42 Å². The van der Waals surface area contributed by atoms with Gasteiger partial charge in [0.1, 0.15) is 12.4 Å². The lowest BCUT2D eigenvalue weighted by molar-refractivity contribution is -0.122. The zero-order valence-corrected chi connectivity index (χ0v) is 13.1. The second-order valence-electron chi connectivity index (χ2n) is 5.97. The highest BCUT2D eigenvalue weighted by Gasteiger charge is 2.34. The number of anilines is 1. The van der Waals surface area contributed by atoms with Gasteiger partial charge in [0.15, 0.2) is 6.19 Å². The van der Waals surface area contributed by atoms with Crippen molar-refractivity contribution in [2.24, 2.45) is 5.92 Å². The standard InChI is InChI=1S/C17H17N5O2/c18-12-20-7-4-13(11-20)17(23)21-8-9-24-16-10-14(2-3-15(16)21)22-6-1-5-19-22/h1-3,5-6,10,13H,4,7-9,11H2/t13-/m1/s1. The van der Waals surface area contributed by atoms with Crippen LogP contribution >= 0.6 is 0 Å². The molecule has 122 valence electrons. The van der Waals surface area contributed by atoms with Crippen molar-refractivity contribution in [1.29, 1.82) is 5.26 Å². The van der Waals surface area contributed by atoms with Crippen LogP contribution in [-0.4, -0.2) is 46.8 Å². The molecule has 0 aliphatic carbocycles. The van der Waals surface area contributed by atoms with Crippen molar-refractivity contribution >= 4 is 11.6 Å². The molecule has 0 radical (unpaired) electrons. The number of benzene rings is 1. The number of carbonyl (C=O) groups excluding carboxylic acids is 1. The lowest BCUT2D eigenvalue weighted by atomic mass is 10.1. The first-order valence-electron chi connectivity index (χ1n) is 7.99. The van der Waals surface area contributed by atoms with E-state index < -0.39 is 0 Å². The van der Waals surface area contributed by atoms with Gasteiger partial charge in [-0.2, -0.15) is 10.4 Å². The number of hydrogen-bond donors (Lipinski definition) is 0. The average molecular weight is 323 g/mol. The summed E-state index contributed by atoms with van der Waals surface area (Å²) in [4.78, 5) is 16.3. The molecule has 0 saturated carbocycles. The van der Waals surface area contributed by atoms with E-state index in [0.717, 1.165) is 17.8 Å². The van der Waals surface area contributed by atoms with Gasteiger partial charge in [-0.3, -0.25) is 4.79 Å². The summed E-state index contributed by atoms with van der Waals surface area (Å²) < 4.78 is 7.51. The largest absolute Gasteiger partial charge is 0.489 e. The second kappa shape index (κ2) is 5.89. The van der Waals surface area contributed by atoms with E-state index >= 15 is 0 Å². The van der Waals surface area contributed by atoms with Crippen LogP contribution < -0.4 is 9.64 Å². The molecule has 1 aromatic heterocycles. The van der Waals surface area contributed by atoms with E-state index in [2.05, 4.69) is 11.3 Å². The third-order valence-corrected chi connectivity index (χ3v) is 4.52. The average Bonchev–Trinajstić information content (AvgIpc) is 3.31. The zero-order chi connectivity index (χ0) is 16.5. The summed E-state index contributed by atoms with van der Waals surface area (Å²) in [5.41, 5.74) is 1.68. The molecular formula is C17H17N5O2. The number of rotatable bonds is 2. The van der Waals surface area contributed by atoms with E-state index in [1.165, 1.54) is 0 Å². The van der Waals surface area contributed by atoms with Crippen LogP contribution in [0.2, 0.25) is 0 Å². The Kier molecular flexibility index (Phi) is 3.58. The number of hydrogen-bond acceptors (Lipinski definition) is 5. The topological polar surface area (TPSA) is 74.4 Å². The Morgan fingerprint density at radius 2 is 2.29 bits per heavy atom. The minimum absolute atomic E-state index is 0.0733. The van der Waals surface area contributed by atoms with E-state index in [1.807, 2.05) is 30.5 Å². The molecule has 1 saturated heterocycles. The van der Waals surface area contributed by atoms with Gasteiger partial charge >= 0.3 is 0 Å². The number of ether oxygens (including phenoxy) is 1. The molecule has 2 aliphatic rings. The molecule has 1 aromatic carbocycles. The Bertz CT molecular complexity index is 796. The summed E-state index contributed by atoms with van der Waals surface area (Å²) in [7, 11) is 0. The quantitative estimate of drug-likeness (QED) is 0.781. The molecule has 1 fully saturated rings. The summed E-state index contributed by atoms with van der Waals surface area (Å²) in [6.45, 7) is 2.17. The molecule has 3 heterocycles. The highest BCUT2D eigenvalue weighted by molar-refractivity contribution is 5.97. The Balaban J connectivity index is 1.60. The minimum Gasteiger partial charge on any atom is -0.489 e. The Morgan fingerprint density at radius 1 is 1.38 bits per heavy atom. The third-order valence-electron chi connectivity index (χ3n) is 4.52. The predicted octanol–water partition coefficient (Wildman–Crippen LogP) is 1.40. The summed E-state index contributed by atoms with van der Waals surface area (Å²) in [5, 5.41) is 13.2. The molecule has 2 aromatic rings. The van der Waals surface area contributed by atoms with Crippen molar-refractivity contribution in [1.82, 2.24) is 14.7 Å². The minimum atomic E-state index is -0.124. The highest BCUT2D eigenvalue weighted by Crippen LogP contribution is 2.35. The maximum absolute atomic E-state index is 12.9. The number of likely N-dealkylation sites (tertiary alicyclic amines) is 1. The fraction of sp³-hybridized carbons (Fsp3) is 0.353. The number of nitrogens with zero attached hydrogens (tertiary/aromatic N) is 5. The van der Waals surface area contributed by atoms with Crippen molar-refractivity contribution in [3.05, 3.63) is 36.7 Å². The molecule has 1 amide bonds. The molecule has 0 bridgehead atoms. The number of amides is 1. The Morgan fingerprint density at radius 3 is 3.04 bits per heavy atom. The van der Waals surface area contributed by atoms with E-state index in [1.54, 1.807) is 20.7 Å². The SMILES string of the molecule is N#CN1CC[C@@H](C(=O)N2CCOc3cc(-n4cccn4)ccc32)C1. The molecule has 2 aliphatic heterocycles. The van der Waals surface area contributed by atoms with Gasteiger partial charge in [0.05, 0.1) is 23.8 Å². The van der Waals surface area contributed by atoms with E-state index in [4.69, 9.17) is 10.00 Å². The van der Waals surface area contributed by atoms with Crippen molar-refractivity contribution in [3.63, 3.8) is 0 Å². The first-order chi connectivity index (χ1) is 11.8. The maximum Gasteiger partial charge on any atom is 0.232 e. The lowest BCUT2D eigenvalue weighted by Crippen LogP contribution is -2.42. The van der Waals surface area contributed by atoms with Gasteiger partial charge in [0.25, 0.3) is 0 Å². The van der Waals surface area contributed by atoms with Gasteiger partial charge in [-0.1, -0.05) is 0 Å².